The Morgan fingerprint density at radius 3 is 2.82 bits per heavy atom. The van der Waals surface area contributed by atoms with Gasteiger partial charge in [0.2, 0.25) is 5.95 Å². The maximum Gasteiger partial charge on any atom is 0.404 e. The van der Waals surface area contributed by atoms with Gasteiger partial charge < -0.3 is 20.7 Å². The fourth-order valence-corrected chi connectivity index (χ4v) is 5.85. The summed E-state index contributed by atoms with van der Waals surface area (Å²) < 4.78 is 17.6. The number of aromatic nitrogens is 4. The van der Waals surface area contributed by atoms with Crippen LogP contribution in [0.4, 0.5) is 16.6 Å². The lowest BCUT2D eigenvalue weighted by Crippen LogP contribution is -2.39. The molecular formula is C23H29N7O3S. The van der Waals surface area contributed by atoms with E-state index in [-0.39, 0.29) is 6.61 Å². The minimum absolute atomic E-state index is 0.0552. The second-order valence-electron chi connectivity index (χ2n) is 9.51. The van der Waals surface area contributed by atoms with Gasteiger partial charge in [0.15, 0.2) is 5.82 Å². The topological polar surface area (TPSA) is 136 Å². The number of primary amides is 1. The fourth-order valence-electron chi connectivity index (χ4n) is 4.54. The van der Waals surface area contributed by atoms with Gasteiger partial charge in [-0.05, 0) is 50.7 Å². The van der Waals surface area contributed by atoms with Crippen LogP contribution in [-0.2, 0) is 34.8 Å². The van der Waals surface area contributed by atoms with Gasteiger partial charge in [0.25, 0.3) is 0 Å². The molecule has 0 aromatic carbocycles. The molecule has 0 saturated heterocycles. The number of fused-ring (bicyclic) bond motifs is 2. The zero-order valence-corrected chi connectivity index (χ0v) is 20.3. The molecule has 0 fully saturated rings. The highest BCUT2D eigenvalue weighted by Crippen LogP contribution is 2.33. The van der Waals surface area contributed by atoms with E-state index in [4.69, 9.17) is 25.4 Å². The van der Waals surface area contributed by atoms with Crippen molar-refractivity contribution in [3.8, 4) is 0 Å². The van der Waals surface area contributed by atoms with Gasteiger partial charge in [-0.25, -0.2) is 19.7 Å². The van der Waals surface area contributed by atoms with Gasteiger partial charge in [0.05, 0.1) is 22.0 Å². The molecule has 0 saturated carbocycles. The molecule has 0 spiro atoms. The molecule has 11 heteroatoms. The summed E-state index contributed by atoms with van der Waals surface area (Å²) >= 11 is 0. The van der Waals surface area contributed by atoms with E-state index in [9.17, 15) is 9.00 Å². The molecule has 3 N–H and O–H groups in total. The molecule has 1 aliphatic carbocycles. The van der Waals surface area contributed by atoms with Crippen molar-refractivity contribution < 1.29 is 13.7 Å². The molecule has 4 heterocycles. The van der Waals surface area contributed by atoms with Gasteiger partial charge in [-0.1, -0.05) is 6.08 Å². The molecule has 2 aromatic rings. The SMILES string of the molecule is CC(C)(COC(N)=O)Nc1nc(N2CC=C(c3ncc4c(n3)CCC4)CC2)nc2c1[S@@](=O)CC2. The van der Waals surface area contributed by atoms with Crippen molar-refractivity contribution in [1.82, 2.24) is 19.9 Å². The number of carbonyl (C=O) groups is 1. The van der Waals surface area contributed by atoms with Gasteiger partial charge in [-0.3, -0.25) is 4.21 Å². The lowest BCUT2D eigenvalue weighted by Gasteiger charge is -2.29. The van der Waals surface area contributed by atoms with Crippen molar-refractivity contribution >= 4 is 34.2 Å². The Kier molecular flexibility index (Phi) is 5.97. The monoisotopic (exact) mass is 483 g/mol. The van der Waals surface area contributed by atoms with Crippen LogP contribution < -0.4 is 16.0 Å². The van der Waals surface area contributed by atoms with Crippen molar-refractivity contribution in [2.24, 2.45) is 5.73 Å². The predicted molar refractivity (Wildman–Crippen MR) is 129 cm³/mol. The summed E-state index contributed by atoms with van der Waals surface area (Å²) in [5, 5.41) is 3.30. The highest BCUT2D eigenvalue weighted by Gasteiger charge is 2.31. The highest BCUT2D eigenvalue weighted by atomic mass is 32.2. The molecule has 0 unspecified atom stereocenters. The number of anilines is 2. The van der Waals surface area contributed by atoms with Crippen LogP contribution in [-0.4, -0.2) is 61.2 Å². The number of nitrogens with two attached hydrogens (primary N) is 1. The molecule has 34 heavy (non-hydrogen) atoms. The first-order valence-corrected chi connectivity index (χ1v) is 12.9. The molecule has 180 valence electrons. The lowest BCUT2D eigenvalue weighted by molar-refractivity contribution is 0.138. The first-order chi connectivity index (χ1) is 16.3. The molecule has 2 aliphatic heterocycles. The molecule has 3 aliphatic rings. The summed E-state index contributed by atoms with van der Waals surface area (Å²) in [5.74, 6) is 2.46. The minimum atomic E-state index is -1.17. The normalized spacial score (nSPS) is 19.4. The second-order valence-corrected chi connectivity index (χ2v) is 11.0. The Labute approximate surface area is 200 Å². The van der Waals surface area contributed by atoms with E-state index in [0.29, 0.717) is 35.4 Å². The zero-order valence-electron chi connectivity index (χ0n) is 19.5. The maximum atomic E-state index is 12.7. The van der Waals surface area contributed by atoms with Crippen LogP contribution >= 0.6 is 0 Å². The number of carbonyl (C=O) groups excluding carboxylic acids is 1. The summed E-state index contributed by atoms with van der Waals surface area (Å²) in [7, 11) is -1.17. The lowest BCUT2D eigenvalue weighted by atomic mass is 10.1. The average molecular weight is 484 g/mol. The summed E-state index contributed by atoms with van der Waals surface area (Å²) in [4.78, 5) is 32.7. The Hall–Kier alpha value is -3.08. The first kappa shape index (κ1) is 22.7. The number of hydrogen-bond acceptors (Lipinski definition) is 9. The Morgan fingerprint density at radius 1 is 1.21 bits per heavy atom. The summed E-state index contributed by atoms with van der Waals surface area (Å²) in [6.45, 7) is 5.18. The Bertz CT molecular complexity index is 1200. The number of ether oxygens (including phenoxy) is 1. The van der Waals surface area contributed by atoms with Crippen LogP contribution in [0.15, 0.2) is 17.2 Å². The number of nitrogens with one attached hydrogen (secondary N) is 1. The molecule has 1 amide bonds. The van der Waals surface area contributed by atoms with E-state index in [1.807, 2.05) is 20.0 Å². The summed E-state index contributed by atoms with van der Waals surface area (Å²) in [5.41, 5.74) is 8.88. The van der Waals surface area contributed by atoms with Crippen LogP contribution in [0.5, 0.6) is 0 Å². The third kappa shape index (κ3) is 4.61. The fraction of sp³-hybridized carbons (Fsp3) is 0.522. The summed E-state index contributed by atoms with van der Waals surface area (Å²) in [6.07, 6.45) is 7.98. The zero-order chi connectivity index (χ0) is 23.9. The quantitative estimate of drug-likeness (QED) is 0.632. The van der Waals surface area contributed by atoms with Crippen molar-refractivity contribution in [3.63, 3.8) is 0 Å². The van der Waals surface area contributed by atoms with Crippen LogP contribution in [0.3, 0.4) is 0 Å². The molecule has 5 rings (SSSR count). The number of rotatable bonds is 6. The van der Waals surface area contributed by atoms with E-state index < -0.39 is 22.4 Å². The van der Waals surface area contributed by atoms with Gasteiger partial charge in [-0.2, -0.15) is 4.98 Å². The minimum Gasteiger partial charge on any atom is -0.447 e. The van der Waals surface area contributed by atoms with E-state index in [1.54, 1.807) is 0 Å². The number of aryl methyl sites for hydroxylation is 3. The molecule has 10 nitrogen and oxygen atoms in total. The van der Waals surface area contributed by atoms with Crippen LogP contribution in [0.2, 0.25) is 0 Å². The molecular weight excluding hydrogens is 454 g/mol. The van der Waals surface area contributed by atoms with E-state index in [2.05, 4.69) is 21.3 Å². The van der Waals surface area contributed by atoms with Gasteiger partial charge in [-0.15, -0.1) is 0 Å². The van der Waals surface area contributed by atoms with Crippen molar-refractivity contribution in [2.45, 2.75) is 56.4 Å². The van der Waals surface area contributed by atoms with Gasteiger partial charge >= 0.3 is 6.09 Å². The number of hydrogen-bond donors (Lipinski definition) is 2. The smallest absolute Gasteiger partial charge is 0.404 e. The second kappa shape index (κ2) is 8.94. The maximum absolute atomic E-state index is 12.7. The Balaban J connectivity index is 1.38. The third-order valence-electron chi connectivity index (χ3n) is 6.30. The molecule has 2 aromatic heterocycles. The highest BCUT2D eigenvalue weighted by molar-refractivity contribution is 7.85. The largest absolute Gasteiger partial charge is 0.447 e. The van der Waals surface area contributed by atoms with Crippen molar-refractivity contribution in [2.75, 3.05) is 35.7 Å². The average Bonchev–Trinajstić information content (AvgIpc) is 3.44. The number of amides is 1. The molecule has 0 radical (unpaired) electrons. The van der Waals surface area contributed by atoms with Gasteiger partial charge in [0, 0.05) is 37.2 Å². The van der Waals surface area contributed by atoms with E-state index >= 15 is 0 Å². The predicted octanol–water partition coefficient (Wildman–Crippen LogP) is 2.00. The molecule has 1 atom stereocenters. The van der Waals surface area contributed by atoms with Crippen LogP contribution in [0.1, 0.15) is 49.5 Å². The van der Waals surface area contributed by atoms with E-state index in [1.165, 1.54) is 11.3 Å². The summed E-state index contributed by atoms with van der Waals surface area (Å²) in [6, 6.07) is 0. The number of nitrogens with zero attached hydrogens (tertiary/aromatic N) is 5. The Morgan fingerprint density at radius 2 is 2.06 bits per heavy atom. The third-order valence-corrected chi connectivity index (χ3v) is 7.76. The molecule has 0 bridgehead atoms. The van der Waals surface area contributed by atoms with Crippen molar-refractivity contribution in [1.29, 1.82) is 0 Å². The van der Waals surface area contributed by atoms with E-state index in [0.717, 1.165) is 49.3 Å². The standard InChI is InChI=1S/C23H29N7O3S/c1-23(2,13-33-21(24)31)29-20-18-17(8-11-34(18)32)27-22(28-20)30-9-6-14(7-10-30)19-25-12-15-4-3-5-16(15)26-19/h6,12H,3-5,7-11,13H2,1-2H3,(H2,24,31)(H,27,28,29)/t34-/m0/s1. The van der Waals surface area contributed by atoms with Gasteiger partial charge in [0.1, 0.15) is 17.3 Å². The van der Waals surface area contributed by atoms with Crippen LogP contribution in [0, 0.1) is 0 Å². The van der Waals surface area contributed by atoms with Crippen LogP contribution in [0.25, 0.3) is 5.57 Å². The van der Waals surface area contributed by atoms with Crippen molar-refractivity contribution in [3.05, 3.63) is 35.0 Å². The first-order valence-electron chi connectivity index (χ1n) is 11.6.